The number of rotatable bonds is 2. The van der Waals surface area contributed by atoms with E-state index in [4.69, 9.17) is 0 Å². The van der Waals surface area contributed by atoms with Crippen molar-refractivity contribution in [2.24, 2.45) is 23.2 Å². The molecule has 0 aromatic rings. The lowest BCUT2D eigenvalue weighted by atomic mass is 9.60. The van der Waals surface area contributed by atoms with Gasteiger partial charge in [-0.15, -0.1) is 0 Å². The monoisotopic (exact) mass is 153 g/mol. The molecule has 0 aliphatic heterocycles. The van der Waals surface area contributed by atoms with Gasteiger partial charge in [0.25, 0.3) is 0 Å². The quantitative estimate of drug-likeness (QED) is 0.639. The second kappa shape index (κ2) is 2.22. The van der Waals surface area contributed by atoms with Crippen LogP contribution in [0.2, 0.25) is 0 Å². The first-order valence-electron chi connectivity index (χ1n) is 4.81. The molecule has 0 amide bonds. The maximum atomic E-state index is 3.30. The van der Waals surface area contributed by atoms with Gasteiger partial charge in [-0.05, 0) is 49.6 Å². The number of hydrogen-bond donors (Lipinski definition) is 1. The van der Waals surface area contributed by atoms with Gasteiger partial charge in [-0.25, -0.2) is 0 Å². The molecule has 0 radical (unpaired) electrons. The first kappa shape index (κ1) is 7.60. The zero-order chi connectivity index (χ0) is 8.06. The Bertz CT molecular complexity index is 162. The minimum absolute atomic E-state index is 0.682. The molecule has 3 aliphatic rings. The first-order chi connectivity index (χ1) is 5.16. The standard InChI is InChI=1S/C10H19N/c1-10(2)8-4-7(6-11-3)9(10)5-8/h7-9,11H,4-6H2,1-3H3/t7-,8?,9?/m1/s1. The van der Waals surface area contributed by atoms with Crippen LogP contribution < -0.4 is 5.32 Å². The minimum Gasteiger partial charge on any atom is -0.319 e. The van der Waals surface area contributed by atoms with E-state index < -0.39 is 0 Å². The van der Waals surface area contributed by atoms with Crippen molar-refractivity contribution in [1.29, 1.82) is 0 Å². The molecule has 0 saturated heterocycles. The fourth-order valence-corrected chi connectivity index (χ4v) is 3.27. The van der Waals surface area contributed by atoms with E-state index >= 15 is 0 Å². The Labute approximate surface area is 69.6 Å². The summed E-state index contributed by atoms with van der Waals surface area (Å²) in [6, 6.07) is 0. The molecule has 3 rings (SSSR count). The van der Waals surface area contributed by atoms with E-state index in [1.807, 2.05) is 0 Å². The summed E-state index contributed by atoms with van der Waals surface area (Å²) in [6.45, 7) is 6.13. The van der Waals surface area contributed by atoms with Crippen LogP contribution in [0, 0.1) is 23.2 Å². The molecule has 11 heavy (non-hydrogen) atoms. The Kier molecular flexibility index (Phi) is 1.54. The van der Waals surface area contributed by atoms with Crippen LogP contribution in [0.1, 0.15) is 26.7 Å². The van der Waals surface area contributed by atoms with E-state index in [1.54, 1.807) is 0 Å². The Morgan fingerprint density at radius 3 is 2.45 bits per heavy atom. The topological polar surface area (TPSA) is 12.0 Å². The highest BCUT2D eigenvalue weighted by atomic mass is 14.8. The van der Waals surface area contributed by atoms with Gasteiger partial charge in [-0.1, -0.05) is 13.8 Å². The molecule has 3 fully saturated rings. The molecule has 1 N–H and O–H groups in total. The molecular formula is C10H19N. The van der Waals surface area contributed by atoms with E-state index in [2.05, 4.69) is 26.2 Å². The van der Waals surface area contributed by atoms with Gasteiger partial charge in [0, 0.05) is 0 Å². The molecule has 2 unspecified atom stereocenters. The van der Waals surface area contributed by atoms with Crippen molar-refractivity contribution in [3.05, 3.63) is 0 Å². The molecule has 64 valence electrons. The van der Waals surface area contributed by atoms with Gasteiger partial charge in [0.05, 0.1) is 0 Å². The largest absolute Gasteiger partial charge is 0.319 e. The fourth-order valence-electron chi connectivity index (χ4n) is 3.27. The number of nitrogens with one attached hydrogen (secondary N) is 1. The molecule has 1 nitrogen and oxygen atoms in total. The summed E-state index contributed by atoms with van der Waals surface area (Å²) in [5.74, 6) is 3.06. The predicted octanol–water partition coefficient (Wildman–Crippen LogP) is 1.89. The lowest BCUT2D eigenvalue weighted by Gasteiger charge is -2.45. The summed E-state index contributed by atoms with van der Waals surface area (Å²) in [7, 11) is 2.07. The van der Waals surface area contributed by atoms with Crippen LogP contribution >= 0.6 is 0 Å². The van der Waals surface area contributed by atoms with E-state index in [0.717, 1.165) is 17.8 Å². The van der Waals surface area contributed by atoms with Crippen LogP contribution in [0.15, 0.2) is 0 Å². The third-order valence-electron chi connectivity index (χ3n) is 4.17. The van der Waals surface area contributed by atoms with Gasteiger partial charge >= 0.3 is 0 Å². The van der Waals surface area contributed by atoms with Gasteiger partial charge in [0.1, 0.15) is 0 Å². The molecule has 0 spiro atoms. The van der Waals surface area contributed by atoms with Crippen LogP contribution in [0.4, 0.5) is 0 Å². The second-order valence-corrected chi connectivity index (χ2v) is 4.91. The molecule has 0 aromatic heterocycles. The van der Waals surface area contributed by atoms with Crippen LogP contribution in [0.5, 0.6) is 0 Å². The molecule has 0 aromatic carbocycles. The van der Waals surface area contributed by atoms with Gasteiger partial charge in [-0.2, -0.15) is 0 Å². The molecule has 1 heteroatoms. The summed E-state index contributed by atoms with van der Waals surface area (Å²) in [5.41, 5.74) is 0.682. The van der Waals surface area contributed by atoms with Crippen molar-refractivity contribution in [2.75, 3.05) is 13.6 Å². The lowest BCUT2D eigenvalue weighted by molar-refractivity contribution is 0.0389. The lowest BCUT2D eigenvalue weighted by Crippen LogP contribution is -2.39. The predicted molar refractivity (Wildman–Crippen MR) is 47.4 cm³/mol. The Balaban J connectivity index is 2.00. The van der Waals surface area contributed by atoms with E-state index in [-0.39, 0.29) is 0 Å². The van der Waals surface area contributed by atoms with E-state index in [1.165, 1.54) is 19.4 Å². The van der Waals surface area contributed by atoms with Gasteiger partial charge in [0.15, 0.2) is 0 Å². The van der Waals surface area contributed by atoms with Gasteiger partial charge in [0.2, 0.25) is 0 Å². The molecule has 0 heterocycles. The van der Waals surface area contributed by atoms with Gasteiger partial charge in [-0.3, -0.25) is 0 Å². The molecular weight excluding hydrogens is 134 g/mol. The Hall–Kier alpha value is -0.0400. The molecule has 3 aliphatic carbocycles. The first-order valence-corrected chi connectivity index (χ1v) is 4.81. The Morgan fingerprint density at radius 2 is 2.09 bits per heavy atom. The summed E-state index contributed by atoms with van der Waals surface area (Å²) < 4.78 is 0. The van der Waals surface area contributed by atoms with Crippen LogP contribution in [0.25, 0.3) is 0 Å². The van der Waals surface area contributed by atoms with Crippen molar-refractivity contribution in [2.45, 2.75) is 26.7 Å². The van der Waals surface area contributed by atoms with Crippen molar-refractivity contribution in [3.63, 3.8) is 0 Å². The SMILES string of the molecule is CNC[C@H]1CC2CC1C2(C)C. The smallest absolute Gasteiger partial charge is 0.00206 e. The average molecular weight is 153 g/mol. The highest BCUT2D eigenvalue weighted by Crippen LogP contribution is 2.64. The molecule has 3 saturated carbocycles. The Morgan fingerprint density at radius 1 is 1.36 bits per heavy atom. The van der Waals surface area contributed by atoms with Crippen LogP contribution in [0.3, 0.4) is 0 Å². The minimum atomic E-state index is 0.682. The third-order valence-corrected chi connectivity index (χ3v) is 4.17. The maximum absolute atomic E-state index is 3.30. The van der Waals surface area contributed by atoms with Crippen LogP contribution in [-0.2, 0) is 0 Å². The fraction of sp³-hybridized carbons (Fsp3) is 1.00. The van der Waals surface area contributed by atoms with Crippen molar-refractivity contribution in [1.82, 2.24) is 5.32 Å². The summed E-state index contributed by atoms with van der Waals surface area (Å²) >= 11 is 0. The summed E-state index contributed by atoms with van der Waals surface area (Å²) in [4.78, 5) is 0. The second-order valence-electron chi connectivity index (χ2n) is 4.91. The maximum Gasteiger partial charge on any atom is -0.00206 e. The third kappa shape index (κ3) is 0.868. The van der Waals surface area contributed by atoms with Crippen molar-refractivity contribution >= 4 is 0 Å². The summed E-state index contributed by atoms with van der Waals surface area (Å²) in [5, 5.41) is 3.30. The van der Waals surface area contributed by atoms with E-state index in [0.29, 0.717) is 5.41 Å². The molecule has 2 bridgehead atoms. The van der Waals surface area contributed by atoms with E-state index in [9.17, 15) is 0 Å². The number of fused-ring (bicyclic) bond motifs is 1. The zero-order valence-corrected chi connectivity index (χ0v) is 7.85. The summed E-state index contributed by atoms with van der Waals surface area (Å²) in [6.07, 6.45) is 3.00. The number of hydrogen-bond acceptors (Lipinski definition) is 1. The normalized spacial score (nSPS) is 45.5. The highest BCUT2D eigenvalue weighted by Gasteiger charge is 2.57. The average Bonchev–Trinajstić information content (AvgIpc) is 2.43. The highest BCUT2D eigenvalue weighted by molar-refractivity contribution is 5.07. The van der Waals surface area contributed by atoms with Crippen molar-refractivity contribution in [3.8, 4) is 0 Å². The zero-order valence-electron chi connectivity index (χ0n) is 7.85. The van der Waals surface area contributed by atoms with Gasteiger partial charge < -0.3 is 5.32 Å². The van der Waals surface area contributed by atoms with Crippen LogP contribution in [-0.4, -0.2) is 13.6 Å². The molecule has 3 atom stereocenters. The van der Waals surface area contributed by atoms with Crippen molar-refractivity contribution < 1.29 is 0 Å².